The molecule has 25 heavy (non-hydrogen) atoms. The number of para-hydroxylation sites is 1. The van der Waals surface area contributed by atoms with Gasteiger partial charge in [0.25, 0.3) is 0 Å². The second-order valence-corrected chi connectivity index (χ2v) is 6.55. The lowest BCUT2D eigenvalue weighted by atomic mass is 10.1. The van der Waals surface area contributed by atoms with Crippen LogP contribution in [-0.2, 0) is 0 Å². The molecular formula is C20H17N5. The summed E-state index contributed by atoms with van der Waals surface area (Å²) in [6, 6.07) is 12.1. The fourth-order valence-electron chi connectivity index (χ4n) is 3.10. The van der Waals surface area contributed by atoms with Gasteiger partial charge in [0.05, 0.1) is 22.4 Å². The van der Waals surface area contributed by atoms with E-state index in [1.54, 1.807) is 6.33 Å². The Balaban J connectivity index is 1.59. The predicted molar refractivity (Wildman–Crippen MR) is 96.6 cm³/mol. The van der Waals surface area contributed by atoms with Crippen LogP contribution in [0.2, 0.25) is 0 Å². The van der Waals surface area contributed by atoms with E-state index in [1.165, 1.54) is 12.8 Å². The summed E-state index contributed by atoms with van der Waals surface area (Å²) >= 11 is 0. The van der Waals surface area contributed by atoms with Crippen LogP contribution in [-0.4, -0.2) is 24.5 Å². The molecule has 5 heteroatoms. The summed E-state index contributed by atoms with van der Waals surface area (Å²) in [7, 11) is 0. The Morgan fingerprint density at radius 3 is 2.72 bits per heavy atom. The van der Waals surface area contributed by atoms with E-state index >= 15 is 0 Å². The van der Waals surface area contributed by atoms with Gasteiger partial charge in [0.2, 0.25) is 0 Å². The van der Waals surface area contributed by atoms with E-state index in [0.29, 0.717) is 5.92 Å². The molecule has 0 radical (unpaired) electrons. The number of aromatic nitrogens is 5. The fraction of sp³-hybridized carbons (Fsp3) is 0.200. The van der Waals surface area contributed by atoms with Gasteiger partial charge in [0, 0.05) is 29.6 Å². The van der Waals surface area contributed by atoms with E-state index in [0.717, 1.165) is 39.5 Å². The molecule has 1 aromatic carbocycles. The Kier molecular flexibility index (Phi) is 3.13. The fourth-order valence-corrected chi connectivity index (χ4v) is 3.10. The highest BCUT2D eigenvalue weighted by molar-refractivity contribution is 5.90. The first-order valence-corrected chi connectivity index (χ1v) is 8.52. The number of aryl methyl sites for hydroxylation is 1. The van der Waals surface area contributed by atoms with Gasteiger partial charge in [-0.2, -0.15) is 0 Å². The number of rotatable bonds is 3. The third kappa shape index (κ3) is 2.58. The van der Waals surface area contributed by atoms with Gasteiger partial charge in [0.15, 0.2) is 0 Å². The Bertz CT molecular complexity index is 1080. The molecule has 0 saturated heterocycles. The minimum absolute atomic E-state index is 0.604. The highest BCUT2D eigenvalue weighted by atomic mass is 15.1. The van der Waals surface area contributed by atoms with E-state index in [-0.39, 0.29) is 0 Å². The first-order chi connectivity index (χ1) is 12.3. The van der Waals surface area contributed by atoms with Gasteiger partial charge in [-0.1, -0.05) is 18.2 Å². The molecule has 0 bridgehead atoms. The van der Waals surface area contributed by atoms with Crippen molar-refractivity contribution in [3.05, 3.63) is 66.5 Å². The van der Waals surface area contributed by atoms with E-state index < -0.39 is 0 Å². The smallest absolute Gasteiger partial charge is 0.138 e. The van der Waals surface area contributed by atoms with Gasteiger partial charge in [-0.05, 0) is 38.0 Å². The van der Waals surface area contributed by atoms with Crippen molar-refractivity contribution in [1.29, 1.82) is 0 Å². The van der Waals surface area contributed by atoms with Crippen molar-refractivity contribution in [3.8, 4) is 17.1 Å². The lowest BCUT2D eigenvalue weighted by molar-refractivity contribution is 0.976. The minimum atomic E-state index is 0.604. The maximum Gasteiger partial charge on any atom is 0.138 e. The summed E-state index contributed by atoms with van der Waals surface area (Å²) in [5.41, 5.74) is 5.80. The topological polar surface area (TPSA) is 56.5 Å². The lowest BCUT2D eigenvalue weighted by Crippen LogP contribution is -1.95. The molecule has 1 aliphatic rings. The first kappa shape index (κ1) is 14.3. The van der Waals surface area contributed by atoms with E-state index in [1.807, 2.05) is 60.3 Å². The molecule has 4 aromatic rings. The number of imidazole rings is 1. The maximum atomic E-state index is 4.79. The van der Waals surface area contributed by atoms with Gasteiger partial charge in [-0.25, -0.2) is 15.0 Å². The van der Waals surface area contributed by atoms with Crippen LogP contribution in [0.15, 0.2) is 55.1 Å². The average Bonchev–Trinajstić information content (AvgIpc) is 3.37. The third-order valence-electron chi connectivity index (χ3n) is 4.58. The molecule has 0 atom stereocenters. The molecule has 1 saturated carbocycles. The summed E-state index contributed by atoms with van der Waals surface area (Å²) < 4.78 is 1.94. The molecule has 5 nitrogen and oxygen atoms in total. The molecule has 0 N–H and O–H groups in total. The Morgan fingerprint density at radius 1 is 1.00 bits per heavy atom. The molecule has 0 amide bonds. The summed E-state index contributed by atoms with van der Waals surface area (Å²) in [4.78, 5) is 18.6. The van der Waals surface area contributed by atoms with Crippen LogP contribution in [0, 0.1) is 6.92 Å². The Labute approximate surface area is 145 Å². The van der Waals surface area contributed by atoms with Crippen LogP contribution < -0.4 is 0 Å². The summed E-state index contributed by atoms with van der Waals surface area (Å²) in [6.45, 7) is 1.99. The number of fused-ring (bicyclic) bond motifs is 1. The Morgan fingerprint density at radius 2 is 1.88 bits per heavy atom. The van der Waals surface area contributed by atoms with Crippen molar-refractivity contribution < 1.29 is 0 Å². The monoisotopic (exact) mass is 327 g/mol. The second-order valence-electron chi connectivity index (χ2n) is 6.55. The van der Waals surface area contributed by atoms with Crippen LogP contribution in [0.3, 0.4) is 0 Å². The molecule has 1 fully saturated rings. The van der Waals surface area contributed by atoms with Gasteiger partial charge in [-0.3, -0.25) is 9.55 Å². The van der Waals surface area contributed by atoms with Gasteiger partial charge in [-0.15, -0.1) is 0 Å². The summed E-state index contributed by atoms with van der Waals surface area (Å²) in [5.74, 6) is 1.47. The van der Waals surface area contributed by atoms with E-state index in [4.69, 9.17) is 4.98 Å². The zero-order valence-corrected chi connectivity index (χ0v) is 13.9. The number of hydrogen-bond donors (Lipinski definition) is 0. The zero-order valence-electron chi connectivity index (χ0n) is 13.9. The molecule has 0 unspecified atom stereocenters. The highest BCUT2D eigenvalue weighted by Crippen LogP contribution is 2.39. The molecule has 1 aliphatic carbocycles. The molecule has 0 spiro atoms. The van der Waals surface area contributed by atoms with Crippen molar-refractivity contribution in [1.82, 2.24) is 24.5 Å². The van der Waals surface area contributed by atoms with Crippen molar-refractivity contribution >= 4 is 11.0 Å². The average molecular weight is 327 g/mol. The van der Waals surface area contributed by atoms with E-state index in [2.05, 4.69) is 15.0 Å². The highest BCUT2D eigenvalue weighted by Gasteiger charge is 2.25. The largest absolute Gasteiger partial charge is 0.290 e. The zero-order chi connectivity index (χ0) is 16.8. The molecule has 0 aliphatic heterocycles. The van der Waals surface area contributed by atoms with Crippen LogP contribution in [0.5, 0.6) is 0 Å². The SMILES string of the molecule is Cc1cccc(-n2cnc(-c3cccc4nc(C5CC5)cnc34)c2)n1. The maximum absolute atomic E-state index is 4.79. The molecule has 3 heterocycles. The number of hydrogen-bond acceptors (Lipinski definition) is 4. The molecular weight excluding hydrogens is 310 g/mol. The van der Waals surface area contributed by atoms with Crippen molar-refractivity contribution in [2.24, 2.45) is 0 Å². The molecule has 5 rings (SSSR count). The Hall–Kier alpha value is -3.08. The van der Waals surface area contributed by atoms with Crippen molar-refractivity contribution in [2.45, 2.75) is 25.7 Å². The van der Waals surface area contributed by atoms with Crippen LogP contribution in [0.1, 0.15) is 30.1 Å². The van der Waals surface area contributed by atoms with Gasteiger partial charge < -0.3 is 0 Å². The summed E-state index contributed by atoms with van der Waals surface area (Å²) in [5, 5.41) is 0. The van der Waals surface area contributed by atoms with Crippen LogP contribution in [0.4, 0.5) is 0 Å². The first-order valence-electron chi connectivity index (χ1n) is 8.52. The van der Waals surface area contributed by atoms with Crippen molar-refractivity contribution in [3.63, 3.8) is 0 Å². The van der Waals surface area contributed by atoms with Gasteiger partial charge in [0.1, 0.15) is 12.1 Å². The van der Waals surface area contributed by atoms with E-state index in [9.17, 15) is 0 Å². The molecule has 122 valence electrons. The minimum Gasteiger partial charge on any atom is -0.290 e. The second kappa shape index (κ2) is 5.48. The van der Waals surface area contributed by atoms with Gasteiger partial charge >= 0.3 is 0 Å². The molecule has 3 aromatic heterocycles. The van der Waals surface area contributed by atoms with Crippen molar-refractivity contribution in [2.75, 3.05) is 0 Å². The number of nitrogens with zero attached hydrogens (tertiary/aromatic N) is 5. The third-order valence-corrected chi connectivity index (χ3v) is 4.58. The van der Waals surface area contributed by atoms with Crippen LogP contribution >= 0.6 is 0 Å². The standard InChI is InChI=1S/C20H17N5/c1-13-4-2-7-19(23-13)25-11-18(22-12-25)15-5-3-6-16-20(15)21-10-17(24-16)14-8-9-14/h2-7,10-12,14H,8-9H2,1H3. The number of pyridine rings is 1. The predicted octanol–water partition coefficient (Wildman–Crippen LogP) is 4.06. The van der Waals surface area contributed by atoms with Crippen LogP contribution in [0.25, 0.3) is 28.1 Å². The normalized spacial score (nSPS) is 14.1. The summed E-state index contributed by atoms with van der Waals surface area (Å²) in [6.07, 6.45) is 8.17. The number of benzene rings is 1. The lowest BCUT2D eigenvalue weighted by Gasteiger charge is -2.05. The quantitative estimate of drug-likeness (QED) is 0.569.